The largest absolute Gasteiger partial charge is 0.378 e. The van der Waals surface area contributed by atoms with Gasteiger partial charge in [-0.15, -0.1) is 11.8 Å². The lowest BCUT2D eigenvalue weighted by molar-refractivity contribution is -0.109. The molecule has 16 heavy (non-hydrogen) atoms. The fourth-order valence-electron chi connectivity index (χ4n) is 1.29. The molecule has 2 unspecified atom stereocenters. The van der Waals surface area contributed by atoms with Crippen molar-refractivity contribution in [2.75, 3.05) is 13.2 Å². The van der Waals surface area contributed by atoms with Crippen molar-refractivity contribution in [2.45, 2.75) is 23.3 Å². The first-order valence-electron chi connectivity index (χ1n) is 5.32. The van der Waals surface area contributed by atoms with Gasteiger partial charge in [0.25, 0.3) is 0 Å². The Morgan fingerprint density at radius 2 is 1.50 bits per heavy atom. The molecule has 0 aromatic carbocycles. The molecule has 1 aliphatic carbocycles. The number of thioether (sulfide) groups is 1. The average molecular weight is 240 g/mol. The summed E-state index contributed by atoms with van der Waals surface area (Å²) in [6.07, 6.45) is 12.6. The normalized spacial score (nSPS) is 27.8. The van der Waals surface area contributed by atoms with Gasteiger partial charge in [-0.2, -0.15) is 0 Å². The first-order chi connectivity index (χ1) is 7.86. The Morgan fingerprint density at radius 1 is 1.00 bits per heavy atom. The van der Waals surface area contributed by atoms with Crippen LogP contribution in [0.1, 0.15) is 12.8 Å². The highest BCUT2D eigenvalue weighted by molar-refractivity contribution is 8.01. The Balaban J connectivity index is 0.000000181. The molecular formula is C12H16O3S. The van der Waals surface area contributed by atoms with Gasteiger partial charge in [0, 0.05) is 0 Å². The summed E-state index contributed by atoms with van der Waals surface area (Å²) in [4.78, 5) is 20.4. The van der Waals surface area contributed by atoms with Crippen molar-refractivity contribution in [2.24, 2.45) is 0 Å². The van der Waals surface area contributed by atoms with Crippen LogP contribution < -0.4 is 0 Å². The van der Waals surface area contributed by atoms with Crippen molar-refractivity contribution in [3.63, 3.8) is 0 Å². The maximum absolute atomic E-state index is 10.2. The van der Waals surface area contributed by atoms with E-state index in [1.54, 1.807) is 0 Å². The van der Waals surface area contributed by atoms with E-state index in [9.17, 15) is 9.59 Å². The number of hydrogen-bond acceptors (Lipinski definition) is 4. The summed E-state index contributed by atoms with van der Waals surface area (Å²) in [5.41, 5.74) is 0. The molecule has 1 heterocycles. The molecule has 4 heteroatoms. The molecule has 2 aliphatic rings. The number of aldehydes is 2. The Kier molecular flexibility index (Phi) is 6.85. The van der Waals surface area contributed by atoms with E-state index in [0.717, 1.165) is 12.6 Å². The van der Waals surface area contributed by atoms with Crippen molar-refractivity contribution >= 4 is 24.3 Å². The fraction of sp³-hybridized carbons (Fsp3) is 0.500. The van der Waals surface area contributed by atoms with E-state index < -0.39 is 0 Å². The third-order valence-corrected chi connectivity index (χ3v) is 3.29. The van der Waals surface area contributed by atoms with Crippen LogP contribution in [0.5, 0.6) is 0 Å². The second-order valence-corrected chi connectivity index (χ2v) is 4.94. The Bertz CT molecular complexity index is 247. The van der Waals surface area contributed by atoms with Gasteiger partial charge in [0.2, 0.25) is 0 Å². The summed E-state index contributed by atoms with van der Waals surface area (Å²) < 4.78 is 4.99. The van der Waals surface area contributed by atoms with Crippen LogP contribution in [0, 0.1) is 0 Å². The molecule has 0 bridgehead atoms. The molecule has 0 saturated carbocycles. The molecule has 88 valence electrons. The zero-order valence-corrected chi connectivity index (χ0v) is 9.90. The molecular weight excluding hydrogens is 224 g/mol. The van der Waals surface area contributed by atoms with Gasteiger partial charge >= 0.3 is 0 Å². The minimum absolute atomic E-state index is 0.149. The van der Waals surface area contributed by atoms with E-state index >= 15 is 0 Å². The summed E-state index contributed by atoms with van der Waals surface area (Å²) >= 11 is 1.37. The van der Waals surface area contributed by atoms with E-state index in [-0.39, 0.29) is 10.5 Å². The smallest absolute Gasteiger partial charge is 0.135 e. The first-order valence-corrected chi connectivity index (χ1v) is 6.26. The van der Waals surface area contributed by atoms with Gasteiger partial charge in [0.15, 0.2) is 0 Å². The Hall–Kier alpha value is -0.870. The van der Waals surface area contributed by atoms with Crippen LogP contribution >= 0.6 is 11.8 Å². The third-order valence-electron chi connectivity index (χ3n) is 2.10. The maximum atomic E-state index is 10.2. The van der Waals surface area contributed by atoms with E-state index in [0.29, 0.717) is 13.2 Å². The lowest BCUT2D eigenvalue weighted by atomic mass is 10.2. The van der Waals surface area contributed by atoms with Gasteiger partial charge in [-0.1, -0.05) is 24.3 Å². The topological polar surface area (TPSA) is 43.4 Å². The van der Waals surface area contributed by atoms with Crippen molar-refractivity contribution in [1.82, 2.24) is 0 Å². The predicted molar refractivity (Wildman–Crippen MR) is 65.6 cm³/mol. The molecule has 1 saturated heterocycles. The lowest BCUT2D eigenvalue weighted by Gasteiger charge is -2.21. The minimum Gasteiger partial charge on any atom is -0.378 e. The van der Waals surface area contributed by atoms with E-state index in [2.05, 4.69) is 24.3 Å². The van der Waals surface area contributed by atoms with Crippen LogP contribution in [0.3, 0.4) is 0 Å². The summed E-state index contributed by atoms with van der Waals surface area (Å²) in [7, 11) is 0. The quantitative estimate of drug-likeness (QED) is 0.690. The minimum atomic E-state index is -0.149. The van der Waals surface area contributed by atoms with Crippen LogP contribution in [0.4, 0.5) is 0 Å². The second-order valence-electron chi connectivity index (χ2n) is 3.46. The third kappa shape index (κ3) is 5.28. The standard InChI is InChI=1S/C6H8O3S.C6H8/c7-1-5-3-9-4-6(2-8)10-5;1-2-4-6-5-3-1/h1-2,5-6H,3-4H2;1-4H,5-6H2. The zero-order chi connectivity index (χ0) is 11.6. The molecule has 0 aromatic heterocycles. The zero-order valence-electron chi connectivity index (χ0n) is 9.08. The fourth-order valence-corrected chi connectivity index (χ4v) is 2.22. The summed E-state index contributed by atoms with van der Waals surface area (Å²) in [5, 5.41) is -0.298. The average Bonchev–Trinajstić information content (AvgIpc) is 2.41. The molecule has 0 aromatic rings. The van der Waals surface area contributed by atoms with Crippen molar-refractivity contribution in [3.8, 4) is 0 Å². The van der Waals surface area contributed by atoms with Crippen LogP contribution in [0.2, 0.25) is 0 Å². The van der Waals surface area contributed by atoms with Gasteiger partial charge in [-0.3, -0.25) is 0 Å². The SMILES string of the molecule is C1=CCCC=C1.O=CC1COCC(C=O)S1. The highest BCUT2D eigenvalue weighted by atomic mass is 32.2. The monoisotopic (exact) mass is 240 g/mol. The Labute approximate surface area is 99.9 Å². The molecule has 0 amide bonds. The molecule has 1 fully saturated rings. The highest BCUT2D eigenvalue weighted by Gasteiger charge is 2.21. The maximum Gasteiger partial charge on any atom is 0.135 e. The van der Waals surface area contributed by atoms with Crippen LogP contribution in [-0.4, -0.2) is 36.3 Å². The molecule has 2 rings (SSSR count). The van der Waals surface area contributed by atoms with Crippen LogP contribution in [0.25, 0.3) is 0 Å². The summed E-state index contributed by atoms with van der Waals surface area (Å²) in [6.45, 7) is 0.886. The first kappa shape index (κ1) is 13.2. The Morgan fingerprint density at radius 3 is 1.81 bits per heavy atom. The molecule has 2 atom stereocenters. The van der Waals surface area contributed by atoms with Gasteiger partial charge < -0.3 is 14.3 Å². The molecule has 0 N–H and O–H groups in total. The number of hydrogen-bond donors (Lipinski definition) is 0. The second kappa shape index (κ2) is 8.30. The number of allylic oxidation sites excluding steroid dienone is 4. The van der Waals surface area contributed by atoms with Gasteiger partial charge in [-0.05, 0) is 12.8 Å². The molecule has 3 nitrogen and oxygen atoms in total. The molecule has 0 spiro atoms. The summed E-state index contributed by atoms with van der Waals surface area (Å²) in [5.74, 6) is 0. The van der Waals surface area contributed by atoms with Crippen molar-refractivity contribution < 1.29 is 14.3 Å². The van der Waals surface area contributed by atoms with Crippen LogP contribution in [0.15, 0.2) is 24.3 Å². The van der Waals surface area contributed by atoms with E-state index in [4.69, 9.17) is 4.74 Å². The van der Waals surface area contributed by atoms with E-state index in [1.165, 1.54) is 24.6 Å². The van der Waals surface area contributed by atoms with Gasteiger partial charge in [0.1, 0.15) is 12.6 Å². The van der Waals surface area contributed by atoms with Gasteiger partial charge in [-0.25, -0.2) is 0 Å². The van der Waals surface area contributed by atoms with Gasteiger partial charge in [0.05, 0.1) is 23.7 Å². The molecule has 1 aliphatic heterocycles. The van der Waals surface area contributed by atoms with Crippen LogP contribution in [-0.2, 0) is 14.3 Å². The lowest BCUT2D eigenvalue weighted by Crippen LogP contribution is -2.29. The number of ether oxygens (including phenoxy) is 1. The molecule has 0 radical (unpaired) electrons. The highest BCUT2D eigenvalue weighted by Crippen LogP contribution is 2.20. The number of carbonyl (C=O) groups excluding carboxylic acids is 2. The number of carbonyl (C=O) groups is 2. The summed E-state index contributed by atoms with van der Waals surface area (Å²) in [6, 6.07) is 0. The van der Waals surface area contributed by atoms with Crippen molar-refractivity contribution in [3.05, 3.63) is 24.3 Å². The van der Waals surface area contributed by atoms with Crippen molar-refractivity contribution in [1.29, 1.82) is 0 Å². The number of rotatable bonds is 2. The van der Waals surface area contributed by atoms with E-state index in [1.807, 2.05) is 0 Å². The predicted octanol–water partition coefficient (Wildman–Crippen LogP) is 1.78.